The van der Waals surface area contributed by atoms with Gasteiger partial charge in [-0.3, -0.25) is 19.7 Å². The molecule has 1 amide bonds. The van der Waals surface area contributed by atoms with Crippen molar-refractivity contribution in [2.24, 2.45) is 0 Å². The average Bonchev–Trinajstić information content (AvgIpc) is 2.54. The van der Waals surface area contributed by atoms with E-state index in [0.29, 0.717) is 26.2 Å². The van der Waals surface area contributed by atoms with E-state index in [4.69, 9.17) is 9.84 Å². The first kappa shape index (κ1) is 17.7. The summed E-state index contributed by atoms with van der Waals surface area (Å²) in [7, 11) is 1.47. The summed E-state index contributed by atoms with van der Waals surface area (Å²) in [5.74, 6) is -1.20. The fraction of sp³-hybridized carbons (Fsp3) is 0.467. The molecule has 0 atom stereocenters. The zero-order valence-electron chi connectivity index (χ0n) is 13.3. The summed E-state index contributed by atoms with van der Waals surface area (Å²) < 4.78 is 4.83. The van der Waals surface area contributed by atoms with Gasteiger partial charge in [0.2, 0.25) is 5.91 Å². The van der Waals surface area contributed by atoms with Crippen LogP contribution < -0.4 is 4.90 Å². The van der Waals surface area contributed by atoms with Gasteiger partial charge in [0.15, 0.2) is 0 Å². The van der Waals surface area contributed by atoms with E-state index in [2.05, 4.69) is 0 Å². The zero-order chi connectivity index (χ0) is 17.7. The summed E-state index contributed by atoms with van der Waals surface area (Å²) >= 11 is 0. The minimum absolute atomic E-state index is 0.0420. The van der Waals surface area contributed by atoms with Crippen molar-refractivity contribution in [3.63, 3.8) is 0 Å². The molecule has 1 heterocycles. The van der Waals surface area contributed by atoms with Gasteiger partial charge in [-0.15, -0.1) is 0 Å². The second-order valence-corrected chi connectivity index (χ2v) is 5.44. The number of anilines is 1. The molecule has 0 saturated carbocycles. The van der Waals surface area contributed by atoms with Crippen LogP contribution in [0.25, 0.3) is 0 Å². The first-order valence-electron chi connectivity index (χ1n) is 7.43. The summed E-state index contributed by atoms with van der Waals surface area (Å²) in [4.78, 5) is 36.8. The molecule has 1 fully saturated rings. The van der Waals surface area contributed by atoms with Crippen molar-refractivity contribution in [1.29, 1.82) is 0 Å². The van der Waals surface area contributed by atoms with Crippen LogP contribution >= 0.6 is 0 Å². The molecule has 1 aliphatic rings. The highest BCUT2D eigenvalue weighted by molar-refractivity contribution is 5.78. The molecule has 0 spiro atoms. The minimum atomic E-state index is -1.12. The third-order valence-electron chi connectivity index (χ3n) is 3.87. The van der Waals surface area contributed by atoms with Crippen molar-refractivity contribution in [1.82, 2.24) is 4.90 Å². The number of benzene rings is 1. The van der Waals surface area contributed by atoms with Crippen molar-refractivity contribution in [2.45, 2.75) is 6.42 Å². The Morgan fingerprint density at radius 1 is 1.29 bits per heavy atom. The third-order valence-corrected chi connectivity index (χ3v) is 3.87. The van der Waals surface area contributed by atoms with Gasteiger partial charge in [-0.05, 0) is 12.1 Å². The Bertz CT molecular complexity index is 640. The van der Waals surface area contributed by atoms with Crippen LogP contribution in [0, 0.1) is 10.1 Å². The van der Waals surface area contributed by atoms with E-state index in [1.807, 2.05) is 4.90 Å². The molecule has 0 radical (unpaired) electrons. The lowest BCUT2D eigenvalue weighted by Gasteiger charge is -2.36. The fourth-order valence-corrected chi connectivity index (χ4v) is 2.68. The van der Waals surface area contributed by atoms with Gasteiger partial charge < -0.3 is 19.6 Å². The fourth-order valence-electron chi connectivity index (χ4n) is 2.68. The first-order chi connectivity index (χ1) is 11.4. The van der Waals surface area contributed by atoms with Gasteiger partial charge >= 0.3 is 5.97 Å². The number of carboxylic acids is 1. The van der Waals surface area contributed by atoms with E-state index in [1.165, 1.54) is 13.2 Å². The molecule has 1 aromatic rings. The summed E-state index contributed by atoms with van der Waals surface area (Å²) in [5, 5.41) is 19.9. The summed E-state index contributed by atoms with van der Waals surface area (Å²) in [6.07, 6.45) is -0.406. The Morgan fingerprint density at radius 2 is 1.96 bits per heavy atom. The monoisotopic (exact) mass is 337 g/mol. The van der Waals surface area contributed by atoms with Crippen molar-refractivity contribution in [3.05, 3.63) is 33.9 Å². The van der Waals surface area contributed by atoms with Crippen LogP contribution in [0.15, 0.2) is 18.2 Å². The largest absolute Gasteiger partial charge is 0.481 e. The van der Waals surface area contributed by atoms with Crippen molar-refractivity contribution >= 4 is 23.3 Å². The lowest BCUT2D eigenvalue weighted by Crippen LogP contribution is -2.49. The number of rotatable bonds is 6. The molecule has 1 N–H and O–H groups in total. The maximum Gasteiger partial charge on any atom is 0.308 e. The predicted octanol–water partition coefficient (Wildman–Crippen LogP) is 0.517. The van der Waals surface area contributed by atoms with Gasteiger partial charge in [0.05, 0.1) is 11.3 Å². The summed E-state index contributed by atoms with van der Waals surface area (Å²) in [6.45, 7) is 2.22. The van der Waals surface area contributed by atoms with Crippen LogP contribution in [0.1, 0.15) is 5.56 Å². The van der Waals surface area contributed by atoms with E-state index in [9.17, 15) is 19.7 Å². The quantitative estimate of drug-likeness (QED) is 0.594. The first-order valence-corrected chi connectivity index (χ1v) is 7.43. The number of carboxylic acid groups (broad SMARTS) is 1. The Labute approximate surface area is 138 Å². The van der Waals surface area contributed by atoms with E-state index in [-0.39, 0.29) is 23.8 Å². The van der Waals surface area contributed by atoms with Crippen LogP contribution in [0.5, 0.6) is 0 Å². The molecule has 130 valence electrons. The standard InChI is InChI=1S/C15H19N3O6/c1-24-10-14(19)17-6-4-16(5-7-17)12-2-3-13(18(22)23)11(8-12)9-15(20)21/h2-3,8H,4-7,9-10H2,1H3,(H,20,21). The Morgan fingerprint density at radius 3 is 2.50 bits per heavy atom. The number of nitro groups is 1. The van der Waals surface area contributed by atoms with Crippen LogP contribution in [0.2, 0.25) is 0 Å². The number of ether oxygens (including phenoxy) is 1. The molecule has 0 bridgehead atoms. The number of hydrogen-bond acceptors (Lipinski definition) is 6. The summed E-state index contributed by atoms with van der Waals surface area (Å²) in [6, 6.07) is 4.48. The third kappa shape index (κ3) is 4.19. The normalized spacial score (nSPS) is 14.5. The van der Waals surface area contributed by atoms with Crippen LogP contribution in [0.3, 0.4) is 0 Å². The number of amides is 1. The molecule has 1 aromatic carbocycles. The number of hydrogen-bond donors (Lipinski definition) is 1. The molecule has 1 aliphatic heterocycles. The lowest BCUT2D eigenvalue weighted by molar-refractivity contribution is -0.385. The van der Waals surface area contributed by atoms with Gasteiger partial charge in [0.25, 0.3) is 5.69 Å². The molecule has 0 unspecified atom stereocenters. The molecule has 9 nitrogen and oxygen atoms in total. The van der Waals surface area contributed by atoms with E-state index < -0.39 is 17.3 Å². The maximum atomic E-state index is 11.8. The highest BCUT2D eigenvalue weighted by Gasteiger charge is 2.23. The Hall–Kier alpha value is -2.68. The van der Waals surface area contributed by atoms with Gasteiger partial charge in [0.1, 0.15) is 6.61 Å². The molecule has 24 heavy (non-hydrogen) atoms. The lowest BCUT2D eigenvalue weighted by atomic mass is 10.1. The number of carbonyl (C=O) groups excluding carboxylic acids is 1. The second kappa shape index (κ2) is 7.73. The molecule has 0 aliphatic carbocycles. The average molecular weight is 337 g/mol. The van der Waals surface area contributed by atoms with Gasteiger partial charge in [0, 0.05) is 50.6 Å². The second-order valence-electron chi connectivity index (χ2n) is 5.44. The number of nitrogens with zero attached hydrogens (tertiary/aromatic N) is 3. The van der Waals surface area contributed by atoms with E-state index in [1.54, 1.807) is 17.0 Å². The molecular formula is C15H19N3O6. The van der Waals surface area contributed by atoms with Crippen LogP contribution in [0.4, 0.5) is 11.4 Å². The molecule has 1 saturated heterocycles. The Balaban J connectivity index is 2.11. The molecule has 9 heteroatoms. The summed E-state index contributed by atoms with van der Waals surface area (Å²) in [5.41, 5.74) is 0.689. The van der Waals surface area contributed by atoms with Gasteiger partial charge in [-0.2, -0.15) is 0 Å². The smallest absolute Gasteiger partial charge is 0.308 e. The maximum absolute atomic E-state index is 11.8. The van der Waals surface area contributed by atoms with Gasteiger partial charge in [-0.25, -0.2) is 0 Å². The predicted molar refractivity (Wildman–Crippen MR) is 85.1 cm³/mol. The molecular weight excluding hydrogens is 318 g/mol. The molecule has 0 aromatic heterocycles. The Kier molecular flexibility index (Phi) is 5.69. The zero-order valence-corrected chi connectivity index (χ0v) is 13.3. The number of methoxy groups -OCH3 is 1. The minimum Gasteiger partial charge on any atom is -0.481 e. The number of nitro benzene ring substituents is 1. The number of aliphatic carboxylic acids is 1. The van der Waals surface area contributed by atoms with E-state index >= 15 is 0 Å². The SMILES string of the molecule is COCC(=O)N1CCN(c2ccc([N+](=O)[O-])c(CC(=O)O)c2)CC1. The highest BCUT2D eigenvalue weighted by atomic mass is 16.6. The van der Waals surface area contributed by atoms with Crippen molar-refractivity contribution in [2.75, 3.05) is 44.8 Å². The highest BCUT2D eigenvalue weighted by Crippen LogP contribution is 2.26. The van der Waals surface area contributed by atoms with Gasteiger partial charge in [-0.1, -0.05) is 0 Å². The number of piperazine rings is 1. The van der Waals surface area contributed by atoms with Crippen LogP contribution in [-0.2, 0) is 20.7 Å². The van der Waals surface area contributed by atoms with E-state index in [0.717, 1.165) is 5.69 Å². The topological polar surface area (TPSA) is 113 Å². The van der Waals surface area contributed by atoms with Crippen LogP contribution in [-0.4, -0.2) is 66.7 Å². The van der Waals surface area contributed by atoms with Crippen molar-refractivity contribution < 1.29 is 24.4 Å². The number of carbonyl (C=O) groups is 2. The van der Waals surface area contributed by atoms with Crippen molar-refractivity contribution in [3.8, 4) is 0 Å². The molecule has 2 rings (SSSR count).